The van der Waals surface area contributed by atoms with Crippen LogP contribution >= 0.6 is 0 Å². The predicted molar refractivity (Wildman–Crippen MR) is 112 cm³/mol. The summed E-state index contributed by atoms with van der Waals surface area (Å²) in [6.45, 7) is 8.09. The molecule has 2 aromatic rings. The number of para-hydroxylation sites is 1. The van der Waals surface area contributed by atoms with Crippen LogP contribution in [0.4, 0.5) is 5.69 Å². The van der Waals surface area contributed by atoms with E-state index in [1.54, 1.807) is 7.11 Å². The zero-order valence-corrected chi connectivity index (χ0v) is 17.2. The number of anilines is 1. The maximum absolute atomic E-state index is 13.2. The zero-order chi connectivity index (χ0) is 20.1. The molecule has 1 amide bonds. The van der Waals surface area contributed by atoms with Crippen molar-refractivity contribution in [1.82, 2.24) is 4.90 Å². The third kappa shape index (κ3) is 4.14. The maximum Gasteiger partial charge on any atom is 0.258 e. The molecule has 0 bridgehead atoms. The van der Waals surface area contributed by atoms with Crippen molar-refractivity contribution in [3.8, 4) is 5.75 Å². The molecule has 5 nitrogen and oxygen atoms in total. The van der Waals surface area contributed by atoms with Gasteiger partial charge in [-0.25, -0.2) is 0 Å². The van der Waals surface area contributed by atoms with Crippen LogP contribution in [0.15, 0.2) is 48.5 Å². The minimum absolute atomic E-state index is 0.00570. The fourth-order valence-electron chi connectivity index (χ4n) is 3.48. The lowest BCUT2D eigenvalue weighted by molar-refractivity contribution is 0.0438. The van der Waals surface area contributed by atoms with E-state index in [1.165, 1.54) is 0 Å². The largest absolute Gasteiger partial charge is 0.494 e. The van der Waals surface area contributed by atoms with Crippen LogP contribution in [0.5, 0.6) is 5.75 Å². The van der Waals surface area contributed by atoms with Crippen LogP contribution in [-0.4, -0.2) is 37.7 Å². The number of hydrogen-bond acceptors (Lipinski definition) is 4. The average molecular weight is 383 g/mol. The standard InChI is InChI=1S/C23H30N2O3/c1-17(2)13-15-28-19-11-9-18(10-12-19)23(3)24-21-8-6-5-7-20(21)22(26)25(23)14-16-27-4/h5-12,17,24H,13-16H2,1-4H3. The van der Waals surface area contributed by atoms with Crippen LogP contribution in [0, 0.1) is 5.92 Å². The number of carbonyl (C=O) groups is 1. The van der Waals surface area contributed by atoms with Gasteiger partial charge in [0.05, 0.1) is 18.8 Å². The number of hydrogen-bond donors (Lipinski definition) is 1. The molecule has 1 aliphatic rings. The van der Waals surface area contributed by atoms with E-state index in [2.05, 4.69) is 19.2 Å². The molecule has 0 aliphatic carbocycles. The fourth-order valence-corrected chi connectivity index (χ4v) is 3.48. The topological polar surface area (TPSA) is 50.8 Å². The van der Waals surface area contributed by atoms with Crippen LogP contribution in [0.3, 0.4) is 0 Å². The van der Waals surface area contributed by atoms with Gasteiger partial charge in [0.1, 0.15) is 11.4 Å². The van der Waals surface area contributed by atoms with Gasteiger partial charge < -0.3 is 19.7 Å². The summed E-state index contributed by atoms with van der Waals surface area (Å²) in [6.07, 6.45) is 1.02. The number of nitrogens with one attached hydrogen (secondary N) is 1. The summed E-state index contributed by atoms with van der Waals surface area (Å²) in [6, 6.07) is 15.6. The lowest BCUT2D eigenvalue weighted by Gasteiger charge is -2.46. The molecule has 0 saturated heterocycles. The van der Waals surface area contributed by atoms with E-state index in [-0.39, 0.29) is 5.91 Å². The molecule has 5 heteroatoms. The first kappa shape index (κ1) is 20.2. The van der Waals surface area contributed by atoms with Gasteiger partial charge in [0.2, 0.25) is 0 Å². The lowest BCUT2D eigenvalue weighted by atomic mass is 9.93. The number of carbonyl (C=O) groups excluding carboxylic acids is 1. The molecule has 0 fully saturated rings. The van der Waals surface area contributed by atoms with Gasteiger partial charge in [-0.1, -0.05) is 38.1 Å². The van der Waals surface area contributed by atoms with Crippen LogP contribution in [0.1, 0.15) is 43.1 Å². The first-order valence-corrected chi connectivity index (χ1v) is 9.87. The van der Waals surface area contributed by atoms with Gasteiger partial charge >= 0.3 is 0 Å². The van der Waals surface area contributed by atoms with Crippen molar-refractivity contribution in [1.29, 1.82) is 0 Å². The molecule has 3 rings (SSSR count). The Labute approximate surface area is 167 Å². The molecule has 2 aromatic carbocycles. The smallest absolute Gasteiger partial charge is 0.258 e. The summed E-state index contributed by atoms with van der Waals surface area (Å²) in [5.41, 5.74) is 1.87. The number of benzene rings is 2. The second-order valence-electron chi connectivity index (χ2n) is 7.75. The minimum atomic E-state index is -0.666. The summed E-state index contributed by atoms with van der Waals surface area (Å²) in [4.78, 5) is 15.0. The Morgan fingerprint density at radius 1 is 1.07 bits per heavy atom. The SMILES string of the molecule is COCCN1C(=O)c2ccccc2NC1(C)c1ccc(OCCC(C)C)cc1. The van der Waals surface area contributed by atoms with E-state index >= 15 is 0 Å². The van der Waals surface area contributed by atoms with E-state index in [0.717, 1.165) is 23.4 Å². The van der Waals surface area contributed by atoms with E-state index in [9.17, 15) is 4.79 Å². The molecule has 1 N–H and O–H groups in total. The van der Waals surface area contributed by atoms with Gasteiger partial charge in [0.25, 0.3) is 5.91 Å². The number of fused-ring (bicyclic) bond motifs is 1. The number of amides is 1. The summed E-state index contributed by atoms with van der Waals surface area (Å²) in [5, 5.41) is 3.57. The summed E-state index contributed by atoms with van der Waals surface area (Å²) in [7, 11) is 1.65. The highest BCUT2D eigenvalue weighted by molar-refractivity contribution is 6.02. The van der Waals surface area contributed by atoms with Crippen molar-refractivity contribution in [2.45, 2.75) is 32.9 Å². The number of rotatable bonds is 8. The van der Waals surface area contributed by atoms with Crippen LogP contribution in [0.25, 0.3) is 0 Å². The van der Waals surface area contributed by atoms with E-state index in [0.29, 0.717) is 31.2 Å². The van der Waals surface area contributed by atoms with Crippen molar-refractivity contribution in [2.75, 3.05) is 32.2 Å². The quantitative estimate of drug-likeness (QED) is 0.730. The Morgan fingerprint density at radius 3 is 2.46 bits per heavy atom. The fraction of sp³-hybridized carbons (Fsp3) is 0.435. The highest BCUT2D eigenvalue weighted by Crippen LogP contribution is 2.38. The summed E-state index contributed by atoms with van der Waals surface area (Å²) < 4.78 is 11.1. The number of nitrogens with zero attached hydrogens (tertiary/aromatic N) is 1. The second-order valence-corrected chi connectivity index (χ2v) is 7.75. The Morgan fingerprint density at radius 2 is 1.79 bits per heavy atom. The first-order chi connectivity index (χ1) is 13.5. The van der Waals surface area contributed by atoms with Crippen LogP contribution < -0.4 is 10.1 Å². The van der Waals surface area contributed by atoms with Gasteiger partial charge in [-0.2, -0.15) is 0 Å². The average Bonchev–Trinajstić information content (AvgIpc) is 2.68. The van der Waals surface area contributed by atoms with Gasteiger partial charge in [-0.3, -0.25) is 4.79 Å². The Balaban J connectivity index is 1.87. The van der Waals surface area contributed by atoms with E-state index < -0.39 is 5.66 Å². The Kier molecular flexibility index (Phi) is 6.25. The minimum Gasteiger partial charge on any atom is -0.494 e. The third-order valence-corrected chi connectivity index (χ3v) is 5.22. The van der Waals surface area contributed by atoms with Gasteiger partial charge in [-0.05, 0) is 49.1 Å². The summed E-state index contributed by atoms with van der Waals surface area (Å²) in [5.74, 6) is 1.47. The van der Waals surface area contributed by atoms with Crippen molar-refractivity contribution >= 4 is 11.6 Å². The normalized spacial score (nSPS) is 18.8. The first-order valence-electron chi connectivity index (χ1n) is 9.87. The Bertz CT molecular complexity index is 804. The van der Waals surface area contributed by atoms with Crippen LogP contribution in [-0.2, 0) is 10.4 Å². The molecule has 1 heterocycles. The monoisotopic (exact) mass is 382 g/mol. The molecule has 0 saturated carbocycles. The lowest BCUT2D eigenvalue weighted by Crippen LogP contribution is -2.56. The molecular formula is C23H30N2O3. The summed E-state index contributed by atoms with van der Waals surface area (Å²) >= 11 is 0. The van der Waals surface area contributed by atoms with E-state index in [1.807, 2.05) is 60.4 Å². The van der Waals surface area contributed by atoms with E-state index in [4.69, 9.17) is 9.47 Å². The number of methoxy groups -OCH3 is 1. The predicted octanol–water partition coefficient (Wildman–Crippen LogP) is 4.50. The molecule has 0 spiro atoms. The highest BCUT2D eigenvalue weighted by Gasteiger charge is 2.42. The van der Waals surface area contributed by atoms with Crippen molar-refractivity contribution in [3.05, 3.63) is 59.7 Å². The van der Waals surface area contributed by atoms with Crippen molar-refractivity contribution < 1.29 is 14.3 Å². The molecule has 0 radical (unpaired) electrons. The molecule has 28 heavy (non-hydrogen) atoms. The van der Waals surface area contributed by atoms with Crippen LogP contribution in [0.2, 0.25) is 0 Å². The zero-order valence-electron chi connectivity index (χ0n) is 17.2. The van der Waals surface area contributed by atoms with Crippen molar-refractivity contribution in [3.63, 3.8) is 0 Å². The molecule has 150 valence electrons. The highest BCUT2D eigenvalue weighted by atomic mass is 16.5. The molecule has 1 aliphatic heterocycles. The molecule has 1 unspecified atom stereocenters. The second kappa shape index (κ2) is 8.65. The van der Waals surface area contributed by atoms with Gasteiger partial charge in [0, 0.05) is 19.3 Å². The van der Waals surface area contributed by atoms with Crippen molar-refractivity contribution in [2.24, 2.45) is 5.92 Å². The maximum atomic E-state index is 13.2. The molecular weight excluding hydrogens is 352 g/mol. The van der Waals surface area contributed by atoms with Gasteiger partial charge in [-0.15, -0.1) is 0 Å². The third-order valence-electron chi connectivity index (χ3n) is 5.22. The Hall–Kier alpha value is -2.53. The number of ether oxygens (including phenoxy) is 2. The molecule has 1 atom stereocenters. The molecule has 0 aromatic heterocycles. The van der Waals surface area contributed by atoms with Gasteiger partial charge in [0.15, 0.2) is 0 Å².